The molecule has 0 spiro atoms. The van der Waals surface area contributed by atoms with E-state index in [-0.39, 0.29) is 6.04 Å². The molecule has 0 radical (unpaired) electrons. The molecule has 0 aliphatic carbocycles. The van der Waals surface area contributed by atoms with E-state index >= 15 is 0 Å². The van der Waals surface area contributed by atoms with Crippen LogP contribution in [0.3, 0.4) is 0 Å². The number of rotatable bonds is 4. The van der Waals surface area contributed by atoms with Gasteiger partial charge < -0.3 is 9.88 Å². The zero-order valence-electron chi connectivity index (χ0n) is 8.84. The van der Waals surface area contributed by atoms with Gasteiger partial charge in [0.2, 0.25) is 0 Å². The van der Waals surface area contributed by atoms with Gasteiger partial charge in [-0.2, -0.15) is 0 Å². The number of hydrogen-bond donors (Lipinski definition) is 1. The van der Waals surface area contributed by atoms with Gasteiger partial charge in [-0.25, -0.2) is 15.0 Å². The third-order valence-corrected chi connectivity index (χ3v) is 2.28. The Morgan fingerprint density at radius 3 is 3.06 bits per heavy atom. The quantitative estimate of drug-likeness (QED) is 0.825. The summed E-state index contributed by atoms with van der Waals surface area (Å²) >= 11 is 5.76. The first kappa shape index (κ1) is 10.9. The van der Waals surface area contributed by atoms with Crippen LogP contribution >= 0.6 is 11.6 Å². The van der Waals surface area contributed by atoms with Crippen LogP contribution in [0, 0.1) is 0 Å². The molecule has 84 valence electrons. The average Bonchev–Trinajstić information content (AvgIpc) is 2.70. The van der Waals surface area contributed by atoms with Crippen LogP contribution in [0.15, 0.2) is 31.1 Å². The maximum Gasteiger partial charge on any atom is 0.134 e. The van der Waals surface area contributed by atoms with Crippen LogP contribution < -0.4 is 5.32 Å². The van der Waals surface area contributed by atoms with Gasteiger partial charge in [-0.05, 0) is 6.92 Å². The third-order valence-electron chi connectivity index (χ3n) is 2.07. The number of imidazole rings is 1. The first-order chi connectivity index (χ1) is 7.74. The molecule has 5 nitrogen and oxygen atoms in total. The fraction of sp³-hybridized carbons (Fsp3) is 0.300. The topological polar surface area (TPSA) is 55.6 Å². The zero-order valence-corrected chi connectivity index (χ0v) is 9.59. The van der Waals surface area contributed by atoms with E-state index in [1.54, 1.807) is 18.6 Å². The maximum absolute atomic E-state index is 5.76. The minimum Gasteiger partial charge on any atom is -0.366 e. The van der Waals surface area contributed by atoms with E-state index in [9.17, 15) is 0 Å². The highest BCUT2D eigenvalue weighted by Gasteiger charge is 2.04. The second-order valence-corrected chi connectivity index (χ2v) is 3.92. The van der Waals surface area contributed by atoms with Crippen molar-refractivity contribution in [1.82, 2.24) is 19.5 Å². The summed E-state index contributed by atoms with van der Waals surface area (Å²) < 4.78 is 2.00. The first-order valence-electron chi connectivity index (χ1n) is 4.94. The second-order valence-electron chi connectivity index (χ2n) is 3.53. The molecule has 1 unspecified atom stereocenters. The van der Waals surface area contributed by atoms with Crippen molar-refractivity contribution < 1.29 is 0 Å². The van der Waals surface area contributed by atoms with Crippen molar-refractivity contribution in [3.8, 4) is 0 Å². The van der Waals surface area contributed by atoms with Gasteiger partial charge in [0.1, 0.15) is 17.3 Å². The smallest absolute Gasteiger partial charge is 0.134 e. The van der Waals surface area contributed by atoms with Gasteiger partial charge in [0.15, 0.2) is 0 Å². The first-order valence-corrected chi connectivity index (χ1v) is 5.31. The maximum atomic E-state index is 5.76. The van der Waals surface area contributed by atoms with Crippen molar-refractivity contribution in [2.75, 3.05) is 5.32 Å². The standard InChI is InChI=1S/C10H12ClN5/c1-8(5-16-3-2-12-7-16)15-10-4-9(11)13-6-14-10/h2-4,6-8H,5H2,1H3,(H,13,14,15). The highest BCUT2D eigenvalue weighted by molar-refractivity contribution is 6.29. The lowest BCUT2D eigenvalue weighted by Gasteiger charge is -2.14. The van der Waals surface area contributed by atoms with Crippen molar-refractivity contribution in [2.45, 2.75) is 19.5 Å². The summed E-state index contributed by atoms with van der Waals surface area (Å²) in [6.07, 6.45) is 6.90. The minimum atomic E-state index is 0.236. The largest absolute Gasteiger partial charge is 0.366 e. The Morgan fingerprint density at radius 1 is 1.50 bits per heavy atom. The SMILES string of the molecule is CC(Cn1ccnc1)Nc1cc(Cl)ncn1. The summed E-state index contributed by atoms with van der Waals surface area (Å²) in [4.78, 5) is 11.9. The molecule has 0 fully saturated rings. The Kier molecular flexibility index (Phi) is 3.36. The van der Waals surface area contributed by atoms with Gasteiger partial charge in [0.05, 0.1) is 6.33 Å². The lowest BCUT2D eigenvalue weighted by molar-refractivity contribution is 0.617. The molecule has 16 heavy (non-hydrogen) atoms. The van der Waals surface area contributed by atoms with Gasteiger partial charge in [0, 0.05) is 31.0 Å². The monoisotopic (exact) mass is 237 g/mol. The van der Waals surface area contributed by atoms with E-state index < -0.39 is 0 Å². The Morgan fingerprint density at radius 2 is 2.38 bits per heavy atom. The molecule has 0 amide bonds. The van der Waals surface area contributed by atoms with Crippen LogP contribution in [0.5, 0.6) is 0 Å². The number of hydrogen-bond acceptors (Lipinski definition) is 4. The summed E-state index contributed by atoms with van der Waals surface area (Å²) in [6, 6.07) is 1.94. The molecule has 1 N–H and O–H groups in total. The van der Waals surface area contributed by atoms with Crippen molar-refractivity contribution in [2.24, 2.45) is 0 Å². The van der Waals surface area contributed by atoms with E-state index in [1.165, 1.54) is 6.33 Å². The summed E-state index contributed by atoms with van der Waals surface area (Å²) in [5.41, 5.74) is 0. The van der Waals surface area contributed by atoms with E-state index in [1.807, 2.05) is 10.8 Å². The predicted molar refractivity (Wildman–Crippen MR) is 62.4 cm³/mol. The van der Waals surface area contributed by atoms with Crippen molar-refractivity contribution in [3.63, 3.8) is 0 Å². The fourth-order valence-electron chi connectivity index (χ4n) is 1.42. The Bertz CT molecular complexity index is 442. The van der Waals surface area contributed by atoms with Gasteiger partial charge in [-0.3, -0.25) is 0 Å². The van der Waals surface area contributed by atoms with Crippen LogP contribution in [-0.2, 0) is 6.54 Å². The van der Waals surface area contributed by atoms with Crippen LogP contribution in [0.25, 0.3) is 0 Å². The number of nitrogens with one attached hydrogen (secondary N) is 1. The molecular formula is C10H12ClN5. The van der Waals surface area contributed by atoms with Gasteiger partial charge in [0.25, 0.3) is 0 Å². The molecule has 1 atom stereocenters. The molecule has 2 rings (SSSR count). The molecule has 2 aromatic rings. The normalized spacial score (nSPS) is 12.4. The third kappa shape index (κ3) is 2.93. The van der Waals surface area contributed by atoms with Gasteiger partial charge >= 0.3 is 0 Å². The Balaban J connectivity index is 1.94. The molecular weight excluding hydrogens is 226 g/mol. The van der Waals surface area contributed by atoms with Gasteiger partial charge in [-0.15, -0.1) is 0 Å². The van der Waals surface area contributed by atoms with Crippen LogP contribution in [0.2, 0.25) is 5.15 Å². The van der Waals surface area contributed by atoms with Crippen molar-refractivity contribution >= 4 is 17.4 Å². The van der Waals surface area contributed by atoms with Crippen molar-refractivity contribution in [1.29, 1.82) is 0 Å². The molecule has 0 aliphatic rings. The summed E-state index contributed by atoms with van der Waals surface area (Å²) in [5.74, 6) is 0.729. The number of anilines is 1. The molecule has 0 aromatic carbocycles. The lowest BCUT2D eigenvalue weighted by Crippen LogP contribution is -2.21. The van der Waals surface area contributed by atoms with E-state index in [0.29, 0.717) is 5.15 Å². The predicted octanol–water partition coefficient (Wildman–Crippen LogP) is 1.83. The van der Waals surface area contributed by atoms with Gasteiger partial charge in [-0.1, -0.05) is 11.6 Å². The molecule has 0 bridgehead atoms. The van der Waals surface area contributed by atoms with Crippen LogP contribution in [-0.4, -0.2) is 25.6 Å². The lowest BCUT2D eigenvalue weighted by atomic mass is 10.3. The highest BCUT2D eigenvalue weighted by Crippen LogP contribution is 2.10. The molecule has 6 heteroatoms. The number of nitrogens with zero attached hydrogens (tertiary/aromatic N) is 4. The molecule has 2 heterocycles. The van der Waals surface area contributed by atoms with Crippen molar-refractivity contribution in [3.05, 3.63) is 36.3 Å². The molecule has 0 saturated heterocycles. The molecule has 0 saturated carbocycles. The second kappa shape index (κ2) is 4.94. The fourth-order valence-corrected chi connectivity index (χ4v) is 1.57. The summed E-state index contributed by atoms with van der Waals surface area (Å²) in [5, 5.41) is 3.67. The summed E-state index contributed by atoms with van der Waals surface area (Å²) in [7, 11) is 0. The zero-order chi connectivity index (χ0) is 11.4. The number of halogens is 1. The van der Waals surface area contributed by atoms with Crippen LogP contribution in [0.1, 0.15) is 6.92 Å². The average molecular weight is 238 g/mol. The summed E-state index contributed by atoms with van der Waals surface area (Å²) in [6.45, 7) is 2.89. The highest BCUT2D eigenvalue weighted by atomic mass is 35.5. The van der Waals surface area contributed by atoms with E-state index in [2.05, 4.69) is 27.2 Å². The molecule has 0 aliphatic heterocycles. The van der Waals surface area contributed by atoms with Crippen LogP contribution in [0.4, 0.5) is 5.82 Å². The Hall–Kier alpha value is -1.62. The molecule has 2 aromatic heterocycles. The number of aromatic nitrogens is 4. The van der Waals surface area contributed by atoms with E-state index in [4.69, 9.17) is 11.6 Å². The Labute approximate surface area is 98.5 Å². The minimum absolute atomic E-state index is 0.236. The van der Waals surface area contributed by atoms with E-state index in [0.717, 1.165) is 12.4 Å².